The molecule has 2 heterocycles. The molecule has 4 fully saturated rings. The number of hydrogen-bond acceptors (Lipinski definition) is 3. The summed E-state index contributed by atoms with van der Waals surface area (Å²) in [5.41, 5.74) is 0.370. The number of nitrogens with one attached hydrogen (secondary N) is 1. The van der Waals surface area contributed by atoms with E-state index in [-0.39, 0.29) is 0 Å². The van der Waals surface area contributed by atoms with E-state index >= 15 is 0 Å². The second-order valence-corrected chi connectivity index (χ2v) is 6.81. The highest BCUT2D eigenvalue weighted by Crippen LogP contribution is 2.59. The van der Waals surface area contributed by atoms with Crippen LogP contribution in [0.4, 0.5) is 0 Å². The summed E-state index contributed by atoms with van der Waals surface area (Å²) in [6.07, 6.45) is 7.39. The molecular formula is C15H24N2O2. The van der Waals surface area contributed by atoms with E-state index in [0.29, 0.717) is 29.4 Å². The van der Waals surface area contributed by atoms with Crippen LogP contribution in [0.1, 0.15) is 38.5 Å². The quantitative estimate of drug-likeness (QED) is 0.772. The molecule has 4 aliphatic rings. The highest BCUT2D eigenvalue weighted by atomic mass is 16.5. The summed E-state index contributed by atoms with van der Waals surface area (Å²) in [7, 11) is 0. The molecule has 2 aliphatic heterocycles. The van der Waals surface area contributed by atoms with Crippen molar-refractivity contribution in [3.63, 3.8) is 0 Å². The zero-order valence-corrected chi connectivity index (χ0v) is 11.6. The third kappa shape index (κ3) is 1.91. The zero-order valence-electron chi connectivity index (χ0n) is 11.6. The predicted octanol–water partition coefficient (Wildman–Crippen LogP) is 1.16. The first kappa shape index (κ1) is 12.2. The van der Waals surface area contributed by atoms with E-state index in [0.717, 1.165) is 45.5 Å². The summed E-state index contributed by atoms with van der Waals surface area (Å²) in [4.78, 5) is 15.0. The van der Waals surface area contributed by atoms with Crippen molar-refractivity contribution >= 4 is 5.91 Å². The minimum absolute atomic E-state index is 0.328. The van der Waals surface area contributed by atoms with Crippen LogP contribution in [0, 0.1) is 11.3 Å². The number of morpholine rings is 1. The SMILES string of the molecule is O=C(C1CC12CCNCC2)N1CCOC2CCCC21. The number of amides is 1. The van der Waals surface area contributed by atoms with Crippen molar-refractivity contribution in [1.82, 2.24) is 10.2 Å². The van der Waals surface area contributed by atoms with Crippen LogP contribution in [0.2, 0.25) is 0 Å². The molecule has 19 heavy (non-hydrogen) atoms. The van der Waals surface area contributed by atoms with E-state index in [1.807, 2.05) is 0 Å². The summed E-state index contributed by atoms with van der Waals surface area (Å²) in [6.45, 7) is 3.76. The molecule has 0 bridgehead atoms. The maximum absolute atomic E-state index is 12.8. The highest BCUT2D eigenvalue weighted by molar-refractivity contribution is 5.83. The Kier molecular flexibility index (Phi) is 2.85. The van der Waals surface area contributed by atoms with E-state index in [2.05, 4.69) is 10.2 Å². The average Bonchev–Trinajstić information content (AvgIpc) is 2.92. The van der Waals surface area contributed by atoms with Gasteiger partial charge in [0, 0.05) is 12.5 Å². The van der Waals surface area contributed by atoms with Gasteiger partial charge in [0.05, 0.1) is 18.8 Å². The molecule has 4 rings (SSSR count). The number of carbonyl (C=O) groups is 1. The van der Waals surface area contributed by atoms with Crippen LogP contribution in [0.3, 0.4) is 0 Å². The Morgan fingerprint density at radius 1 is 1.26 bits per heavy atom. The molecule has 2 aliphatic carbocycles. The second kappa shape index (κ2) is 4.45. The van der Waals surface area contributed by atoms with Gasteiger partial charge in [-0.1, -0.05) is 0 Å². The summed E-state index contributed by atoms with van der Waals surface area (Å²) >= 11 is 0. The van der Waals surface area contributed by atoms with Crippen molar-refractivity contribution in [2.45, 2.75) is 50.7 Å². The van der Waals surface area contributed by atoms with Gasteiger partial charge in [0.25, 0.3) is 0 Å². The lowest BCUT2D eigenvalue weighted by atomic mass is 9.91. The standard InChI is InChI=1S/C15H24N2O2/c18-14(11-10-15(11)4-6-16-7-5-15)17-8-9-19-13-3-1-2-12(13)17/h11-13,16H,1-10H2. The summed E-state index contributed by atoms with van der Waals surface area (Å²) in [5.74, 6) is 0.774. The van der Waals surface area contributed by atoms with Crippen LogP contribution in [-0.2, 0) is 9.53 Å². The van der Waals surface area contributed by atoms with Gasteiger partial charge in [-0.3, -0.25) is 4.79 Å². The minimum Gasteiger partial charge on any atom is -0.374 e. The van der Waals surface area contributed by atoms with Gasteiger partial charge >= 0.3 is 0 Å². The van der Waals surface area contributed by atoms with Gasteiger partial charge < -0.3 is 15.0 Å². The molecule has 1 N–H and O–H groups in total. The zero-order chi connectivity index (χ0) is 12.9. The van der Waals surface area contributed by atoms with E-state index < -0.39 is 0 Å². The molecule has 0 radical (unpaired) electrons. The molecular weight excluding hydrogens is 240 g/mol. The van der Waals surface area contributed by atoms with E-state index in [9.17, 15) is 4.79 Å². The molecule has 0 aromatic heterocycles. The van der Waals surface area contributed by atoms with Crippen LogP contribution in [-0.4, -0.2) is 49.2 Å². The second-order valence-electron chi connectivity index (χ2n) is 6.81. The number of fused-ring (bicyclic) bond motifs is 1. The molecule has 1 spiro atoms. The fraction of sp³-hybridized carbons (Fsp3) is 0.933. The Morgan fingerprint density at radius 3 is 2.95 bits per heavy atom. The van der Waals surface area contributed by atoms with Gasteiger partial charge in [-0.25, -0.2) is 0 Å². The number of nitrogens with zero attached hydrogens (tertiary/aromatic N) is 1. The molecule has 0 aromatic rings. The molecule has 2 saturated carbocycles. The van der Waals surface area contributed by atoms with Gasteiger partial charge in [0.15, 0.2) is 0 Å². The van der Waals surface area contributed by atoms with Crippen LogP contribution in [0.5, 0.6) is 0 Å². The highest BCUT2D eigenvalue weighted by Gasteiger charge is 2.59. The first-order valence-electron chi connectivity index (χ1n) is 7.93. The molecule has 3 atom stereocenters. The summed E-state index contributed by atoms with van der Waals surface area (Å²) < 4.78 is 5.82. The lowest BCUT2D eigenvalue weighted by Crippen LogP contribution is -2.52. The third-order valence-corrected chi connectivity index (χ3v) is 5.85. The fourth-order valence-electron chi connectivity index (χ4n) is 4.57. The summed E-state index contributed by atoms with van der Waals surface area (Å²) in [5, 5.41) is 3.41. The normalized spacial score (nSPS) is 40.2. The minimum atomic E-state index is 0.328. The van der Waals surface area contributed by atoms with Crippen LogP contribution >= 0.6 is 0 Å². The van der Waals surface area contributed by atoms with E-state index in [1.165, 1.54) is 19.3 Å². The van der Waals surface area contributed by atoms with Crippen molar-refractivity contribution in [3.8, 4) is 0 Å². The molecule has 3 unspecified atom stereocenters. The number of hydrogen-bond donors (Lipinski definition) is 1. The number of carbonyl (C=O) groups excluding carboxylic acids is 1. The van der Waals surface area contributed by atoms with Gasteiger partial charge in [-0.15, -0.1) is 0 Å². The molecule has 0 aromatic carbocycles. The fourth-order valence-corrected chi connectivity index (χ4v) is 4.57. The van der Waals surface area contributed by atoms with Crippen molar-refractivity contribution in [3.05, 3.63) is 0 Å². The van der Waals surface area contributed by atoms with Crippen LogP contribution < -0.4 is 5.32 Å². The molecule has 106 valence electrons. The monoisotopic (exact) mass is 264 g/mol. The van der Waals surface area contributed by atoms with Gasteiger partial charge in [0.2, 0.25) is 5.91 Å². The van der Waals surface area contributed by atoms with Crippen LogP contribution in [0.25, 0.3) is 0 Å². The number of rotatable bonds is 1. The molecule has 4 nitrogen and oxygen atoms in total. The Hall–Kier alpha value is -0.610. The maximum atomic E-state index is 12.8. The first-order chi connectivity index (χ1) is 9.30. The largest absolute Gasteiger partial charge is 0.374 e. The van der Waals surface area contributed by atoms with Crippen molar-refractivity contribution in [2.24, 2.45) is 11.3 Å². The lowest BCUT2D eigenvalue weighted by molar-refractivity contribution is -0.146. The van der Waals surface area contributed by atoms with Crippen molar-refractivity contribution in [1.29, 1.82) is 0 Å². The Labute approximate surface area is 114 Å². The van der Waals surface area contributed by atoms with Crippen molar-refractivity contribution in [2.75, 3.05) is 26.2 Å². The first-order valence-corrected chi connectivity index (χ1v) is 7.93. The average molecular weight is 264 g/mol. The predicted molar refractivity (Wildman–Crippen MR) is 71.7 cm³/mol. The lowest BCUT2D eigenvalue weighted by Gasteiger charge is -2.38. The molecule has 4 heteroatoms. The Bertz CT molecular complexity index is 378. The van der Waals surface area contributed by atoms with Crippen molar-refractivity contribution < 1.29 is 9.53 Å². The third-order valence-electron chi connectivity index (χ3n) is 5.85. The van der Waals surface area contributed by atoms with Gasteiger partial charge in [-0.2, -0.15) is 0 Å². The Balaban J connectivity index is 1.46. The number of ether oxygens (including phenoxy) is 1. The van der Waals surface area contributed by atoms with Gasteiger partial charge in [-0.05, 0) is 57.0 Å². The Morgan fingerprint density at radius 2 is 2.11 bits per heavy atom. The molecule has 1 amide bonds. The van der Waals surface area contributed by atoms with Gasteiger partial charge in [0.1, 0.15) is 0 Å². The topological polar surface area (TPSA) is 41.6 Å². The van der Waals surface area contributed by atoms with E-state index in [4.69, 9.17) is 4.74 Å². The molecule has 2 saturated heterocycles. The van der Waals surface area contributed by atoms with E-state index in [1.54, 1.807) is 0 Å². The summed E-state index contributed by atoms with van der Waals surface area (Å²) in [6, 6.07) is 0.389. The number of piperidine rings is 1. The van der Waals surface area contributed by atoms with Crippen LogP contribution in [0.15, 0.2) is 0 Å². The smallest absolute Gasteiger partial charge is 0.226 e. The maximum Gasteiger partial charge on any atom is 0.226 e.